The van der Waals surface area contributed by atoms with Crippen molar-refractivity contribution in [3.63, 3.8) is 0 Å². The van der Waals surface area contributed by atoms with Gasteiger partial charge in [-0.05, 0) is 32.5 Å². The molecule has 1 unspecified atom stereocenters. The van der Waals surface area contributed by atoms with E-state index in [9.17, 15) is 9.90 Å². The maximum absolute atomic E-state index is 11.3. The molecule has 2 rings (SSSR count). The molecule has 1 fully saturated rings. The zero-order valence-corrected chi connectivity index (χ0v) is 12.2. The molecule has 1 saturated heterocycles. The molecule has 0 aromatic carbocycles. The molecule has 1 aliphatic heterocycles. The summed E-state index contributed by atoms with van der Waals surface area (Å²) in [5.41, 5.74) is 1.01. The van der Waals surface area contributed by atoms with Crippen molar-refractivity contribution in [3.8, 4) is 0 Å². The standard InChI is InChI=1S/C14H23N3O2/c1-14(2,3)12-8-11(13(18)19)17(15-12)9-10-6-5-7-16(10)4/h8,10H,5-7,9H2,1-4H3,(H,18,19). The summed E-state index contributed by atoms with van der Waals surface area (Å²) in [5.74, 6) is -0.899. The van der Waals surface area contributed by atoms with E-state index in [0.29, 0.717) is 18.3 Å². The van der Waals surface area contributed by atoms with Crippen molar-refractivity contribution in [2.45, 2.75) is 51.6 Å². The van der Waals surface area contributed by atoms with Gasteiger partial charge in [-0.1, -0.05) is 20.8 Å². The van der Waals surface area contributed by atoms with Gasteiger partial charge in [-0.3, -0.25) is 4.68 Å². The first-order chi connectivity index (χ1) is 8.79. The molecule has 1 aromatic heterocycles. The van der Waals surface area contributed by atoms with Crippen LogP contribution in [0.2, 0.25) is 0 Å². The van der Waals surface area contributed by atoms with Gasteiger partial charge in [-0.25, -0.2) is 4.79 Å². The molecule has 5 heteroatoms. The minimum Gasteiger partial charge on any atom is -0.477 e. The molecule has 0 radical (unpaired) electrons. The van der Waals surface area contributed by atoms with Crippen molar-refractivity contribution in [2.75, 3.05) is 13.6 Å². The number of aromatic nitrogens is 2. The van der Waals surface area contributed by atoms with Gasteiger partial charge in [0.2, 0.25) is 0 Å². The molecule has 0 amide bonds. The second kappa shape index (κ2) is 4.96. The molecule has 0 bridgehead atoms. The number of rotatable bonds is 3. The summed E-state index contributed by atoms with van der Waals surface area (Å²) < 4.78 is 1.66. The number of hydrogen-bond acceptors (Lipinski definition) is 3. The molecule has 19 heavy (non-hydrogen) atoms. The molecular weight excluding hydrogens is 242 g/mol. The largest absolute Gasteiger partial charge is 0.477 e. The summed E-state index contributed by atoms with van der Waals surface area (Å²) in [5, 5.41) is 13.8. The number of likely N-dealkylation sites (N-methyl/N-ethyl adjacent to an activating group) is 1. The average molecular weight is 265 g/mol. The van der Waals surface area contributed by atoms with Crippen molar-refractivity contribution in [2.24, 2.45) is 0 Å². The Morgan fingerprint density at radius 2 is 2.21 bits per heavy atom. The van der Waals surface area contributed by atoms with Gasteiger partial charge in [0.15, 0.2) is 0 Å². The first-order valence-electron chi connectivity index (χ1n) is 6.81. The first kappa shape index (κ1) is 14.1. The molecule has 1 N–H and O–H groups in total. The van der Waals surface area contributed by atoms with Crippen LogP contribution in [0, 0.1) is 0 Å². The summed E-state index contributed by atoms with van der Waals surface area (Å²) in [7, 11) is 2.09. The average Bonchev–Trinajstić information content (AvgIpc) is 2.86. The van der Waals surface area contributed by atoms with Crippen LogP contribution in [0.3, 0.4) is 0 Å². The zero-order chi connectivity index (χ0) is 14.2. The number of carbonyl (C=O) groups is 1. The smallest absolute Gasteiger partial charge is 0.354 e. The number of likely N-dealkylation sites (tertiary alicyclic amines) is 1. The van der Waals surface area contributed by atoms with E-state index in [-0.39, 0.29) is 5.41 Å². The molecule has 0 aliphatic carbocycles. The summed E-state index contributed by atoms with van der Waals surface area (Å²) in [6.45, 7) is 7.89. The van der Waals surface area contributed by atoms with Crippen LogP contribution in [0.25, 0.3) is 0 Å². The van der Waals surface area contributed by atoms with Gasteiger partial charge >= 0.3 is 5.97 Å². The van der Waals surface area contributed by atoms with Crippen molar-refractivity contribution >= 4 is 5.97 Å². The van der Waals surface area contributed by atoms with Crippen LogP contribution in [-0.4, -0.2) is 45.4 Å². The van der Waals surface area contributed by atoms with E-state index in [1.165, 1.54) is 6.42 Å². The van der Waals surface area contributed by atoms with Crippen LogP contribution < -0.4 is 0 Å². The van der Waals surface area contributed by atoms with E-state index in [4.69, 9.17) is 0 Å². The van der Waals surface area contributed by atoms with Gasteiger partial charge in [0.25, 0.3) is 0 Å². The van der Waals surface area contributed by atoms with E-state index < -0.39 is 5.97 Å². The van der Waals surface area contributed by atoms with Crippen LogP contribution in [-0.2, 0) is 12.0 Å². The molecule has 1 atom stereocenters. The predicted molar refractivity (Wildman–Crippen MR) is 73.5 cm³/mol. The van der Waals surface area contributed by atoms with E-state index in [1.54, 1.807) is 10.7 Å². The van der Waals surface area contributed by atoms with E-state index in [2.05, 4.69) is 17.0 Å². The van der Waals surface area contributed by atoms with Crippen LogP contribution in [0.4, 0.5) is 0 Å². The lowest BCUT2D eigenvalue weighted by molar-refractivity contribution is 0.0681. The summed E-state index contributed by atoms with van der Waals surface area (Å²) in [6.07, 6.45) is 2.29. The highest BCUT2D eigenvalue weighted by atomic mass is 16.4. The predicted octanol–water partition coefficient (Wildman–Crippen LogP) is 1.97. The normalized spacial score (nSPS) is 20.9. The van der Waals surface area contributed by atoms with E-state index in [0.717, 1.165) is 18.7 Å². The van der Waals surface area contributed by atoms with E-state index in [1.807, 2.05) is 20.8 Å². The van der Waals surface area contributed by atoms with Gasteiger partial charge < -0.3 is 10.0 Å². The minimum atomic E-state index is -0.899. The minimum absolute atomic E-state index is 0.128. The Hall–Kier alpha value is -1.36. The quantitative estimate of drug-likeness (QED) is 0.908. The number of carboxylic acid groups (broad SMARTS) is 1. The van der Waals surface area contributed by atoms with Crippen LogP contribution in [0.5, 0.6) is 0 Å². The van der Waals surface area contributed by atoms with Crippen molar-refractivity contribution in [1.82, 2.24) is 14.7 Å². The fourth-order valence-electron chi connectivity index (χ4n) is 2.50. The molecule has 5 nitrogen and oxygen atoms in total. The Morgan fingerprint density at radius 3 is 2.68 bits per heavy atom. The molecule has 0 saturated carbocycles. The van der Waals surface area contributed by atoms with Crippen LogP contribution in [0.15, 0.2) is 6.07 Å². The van der Waals surface area contributed by atoms with Crippen LogP contribution >= 0.6 is 0 Å². The highest BCUT2D eigenvalue weighted by Crippen LogP contribution is 2.23. The zero-order valence-electron chi connectivity index (χ0n) is 12.2. The summed E-state index contributed by atoms with van der Waals surface area (Å²) >= 11 is 0. The van der Waals surface area contributed by atoms with Gasteiger partial charge in [0.05, 0.1) is 12.2 Å². The maximum atomic E-state index is 11.3. The third-order valence-electron chi connectivity index (χ3n) is 3.82. The molecule has 106 valence electrons. The van der Waals surface area contributed by atoms with Crippen molar-refractivity contribution < 1.29 is 9.90 Å². The lowest BCUT2D eigenvalue weighted by atomic mass is 9.92. The van der Waals surface area contributed by atoms with Crippen LogP contribution in [0.1, 0.15) is 49.8 Å². The molecule has 2 heterocycles. The Bertz CT molecular complexity index is 474. The number of carboxylic acids is 1. The SMILES string of the molecule is CN1CCCC1Cn1nc(C(C)(C)C)cc1C(=O)O. The number of hydrogen-bond donors (Lipinski definition) is 1. The van der Waals surface area contributed by atoms with Gasteiger partial charge in [-0.2, -0.15) is 5.10 Å². The third-order valence-corrected chi connectivity index (χ3v) is 3.82. The fraction of sp³-hybridized carbons (Fsp3) is 0.714. The van der Waals surface area contributed by atoms with Gasteiger partial charge in [0, 0.05) is 11.5 Å². The third kappa shape index (κ3) is 2.97. The second-order valence-electron chi connectivity index (χ2n) is 6.43. The number of aromatic carboxylic acids is 1. The second-order valence-corrected chi connectivity index (χ2v) is 6.43. The topological polar surface area (TPSA) is 58.4 Å². The fourth-order valence-corrected chi connectivity index (χ4v) is 2.50. The first-order valence-corrected chi connectivity index (χ1v) is 6.81. The molecular formula is C14H23N3O2. The Balaban J connectivity index is 2.28. The molecule has 1 aromatic rings. The highest BCUT2D eigenvalue weighted by molar-refractivity contribution is 5.85. The number of nitrogens with zero attached hydrogens (tertiary/aromatic N) is 3. The summed E-state index contributed by atoms with van der Waals surface area (Å²) in [4.78, 5) is 13.6. The van der Waals surface area contributed by atoms with Crippen molar-refractivity contribution in [3.05, 3.63) is 17.5 Å². The summed E-state index contributed by atoms with van der Waals surface area (Å²) in [6, 6.07) is 2.10. The molecule has 0 spiro atoms. The Morgan fingerprint density at radius 1 is 1.53 bits per heavy atom. The maximum Gasteiger partial charge on any atom is 0.354 e. The van der Waals surface area contributed by atoms with E-state index >= 15 is 0 Å². The van der Waals surface area contributed by atoms with Gasteiger partial charge in [0.1, 0.15) is 5.69 Å². The molecule has 1 aliphatic rings. The Labute approximate surface area is 114 Å². The van der Waals surface area contributed by atoms with Gasteiger partial charge in [-0.15, -0.1) is 0 Å². The lowest BCUT2D eigenvalue weighted by Gasteiger charge is -2.20. The highest BCUT2D eigenvalue weighted by Gasteiger charge is 2.26. The monoisotopic (exact) mass is 265 g/mol. The van der Waals surface area contributed by atoms with Crippen molar-refractivity contribution in [1.29, 1.82) is 0 Å². The Kier molecular flexibility index (Phi) is 3.67. The lowest BCUT2D eigenvalue weighted by Crippen LogP contribution is -2.31.